The van der Waals surface area contributed by atoms with Crippen molar-refractivity contribution >= 4 is 39.5 Å². The molecule has 1 unspecified atom stereocenters. The number of imidazole rings is 1. The number of likely N-dealkylation sites (tertiary alicyclic amines) is 1. The van der Waals surface area contributed by atoms with E-state index in [2.05, 4.69) is 15.4 Å². The number of H-pyrrole nitrogens is 1. The van der Waals surface area contributed by atoms with Crippen LogP contribution in [-0.4, -0.2) is 64.5 Å². The zero-order valence-electron chi connectivity index (χ0n) is 38.7. The summed E-state index contributed by atoms with van der Waals surface area (Å²) in [5.41, 5.74) is -3.56. The molecule has 3 aromatic carbocycles. The van der Waals surface area contributed by atoms with Gasteiger partial charge in [-0.1, -0.05) is 30.3 Å². The molecule has 0 bridgehead atoms. The normalized spacial score (nSPS) is 16.8. The van der Waals surface area contributed by atoms with E-state index in [1.807, 2.05) is 12.1 Å². The van der Waals surface area contributed by atoms with Crippen LogP contribution < -0.4 is 5.32 Å². The molecule has 1 fully saturated rings. The SMILES string of the molecule is CC(=O)c1cc(-c2cc3sc(-c4ccc(-c5c[nH]c(C6CCCN6C(=O)OC(C)(C)C)n5)cc4)nc3nc2[C@H](Cc2cc(F)cc(F)c2)NC(=O)Cn2nc(C(F)F)c3c2C(F)(F)CCC3(F)F)ccc1F. The average Bonchev–Trinajstić information content (AvgIpc) is 4.13. The van der Waals surface area contributed by atoms with Gasteiger partial charge in [-0.15, -0.1) is 11.3 Å². The second kappa shape index (κ2) is 18.8. The quantitative estimate of drug-likeness (QED) is 0.0908. The zero-order valence-corrected chi connectivity index (χ0v) is 39.6. The number of hydrogen-bond acceptors (Lipinski definition) is 9. The van der Waals surface area contributed by atoms with Crippen molar-refractivity contribution in [3.63, 3.8) is 0 Å². The second-order valence-corrected chi connectivity index (χ2v) is 19.7. The van der Waals surface area contributed by atoms with Crippen molar-refractivity contribution < 1.29 is 58.6 Å². The Morgan fingerprint density at radius 1 is 0.875 bits per heavy atom. The molecule has 2 aliphatic rings. The van der Waals surface area contributed by atoms with Crippen LogP contribution in [0.3, 0.4) is 0 Å². The highest BCUT2D eigenvalue weighted by Gasteiger charge is 2.55. The summed E-state index contributed by atoms with van der Waals surface area (Å²) < 4.78 is 140. The number of alkyl halides is 6. The predicted octanol–water partition coefficient (Wildman–Crippen LogP) is 12.3. The number of aromatic nitrogens is 6. The first kappa shape index (κ1) is 49.9. The Labute approximate surface area is 408 Å². The molecular formula is C50H43F9N8O4S. The fourth-order valence-electron chi connectivity index (χ4n) is 9.08. The number of benzene rings is 3. The summed E-state index contributed by atoms with van der Waals surface area (Å²) >= 11 is 1.19. The van der Waals surface area contributed by atoms with Gasteiger partial charge in [0.1, 0.15) is 51.8 Å². The van der Waals surface area contributed by atoms with Gasteiger partial charge in [0, 0.05) is 48.3 Å². The minimum atomic E-state index is -4.12. The van der Waals surface area contributed by atoms with Gasteiger partial charge in [0.2, 0.25) is 5.91 Å². The van der Waals surface area contributed by atoms with Gasteiger partial charge < -0.3 is 15.0 Å². The number of pyridine rings is 1. The number of Topliss-reactive ketones (excluding diaryl/α,β-unsaturated/α-hetero) is 1. The van der Waals surface area contributed by atoms with Gasteiger partial charge in [-0.05, 0) is 88.4 Å². The molecule has 4 aromatic heterocycles. The van der Waals surface area contributed by atoms with Gasteiger partial charge in [0.15, 0.2) is 11.4 Å². The highest BCUT2D eigenvalue weighted by atomic mass is 32.1. The lowest BCUT2D eigenvalue weighted by Crippen LogP contribution is -2.37. The van der Waals surface area contributed by atoms with E-state index in [0.717, 1.165) is 37.1 Å². The number of rotatable bonds is 12. The number of thiazole rings is 1. The molecule has 22 heteroatoms. The third-order valence-corrected chi connectivity index (χ3v) is 13.3. The van der Waals surface area contributed by atoms with E-state index in [1.54, 1.807) is 50.1 Å². The van der Waals surface area contributed by atoms with Crippen LogP contribution in [0.5, 0.6) is 0 Å². The van der Waals surface area contributed by atoms with Crippen LogP contribution in [0.4, 0.5) is 44.3 Å². The van der Waals surface area contributed by atoms with E-state index in [0.29, 0.717) is 45.8 Å². The molecule has 2 atom stereocenters. The maximum Gasteiger partial charge on any atom is 0.410 e. The Kier molecular flexibility index (Phi) is 13.0. The number of aromatic amines is 1. The van der Waals surface area contributed by atoms with Crippen LogP contribution in [0.25, 0.3) is 43.3 Å². The standard InChI is InChI=1S/C50H43F9N8O4S/c1-24(68)31-19-28(11-12-33(31)53)32-21-37-45(64-46(72-37)27-9-7-26(8-10-27)35-22-60-44(62-35)36-6-5-15-66(36)47(70)71-48(2,3)4)63-40(32)34(18-25-16-29(51)20-30(52)17-25)61-38(69)23-67-42-39(41(65-67)43(54)55)49(56,57)13-14-50(42,58)59/h7-12,16-17,19-22,34,36,43H,5-6,13-15,18,23H2,1-4H3,(H,60,62)(H,61,69)/t34-,36?/m0/s1. The maximum atomic E-state index is 15.3. The third kappa shape index (κ3) is 10.0. The van der Waals surface area contributed by atoms with E-state index >= 15 is 22.0 Å². The van der Waals surface area contributed by atoms with Crippen LogP contribution in [0, 0.1) is 17.5 Å². The summed E-state index contributed by atoms with van der Waals surface area (Å²) in [4.78, 5) is 58.8. The molecule has 2 amide bonds. The Morgan fingerprint density at radius 3 is 2.24 bits per heavy atom. The number of hydrogen-bond donors (Lipinski definition) is 2. The minimum Gasteiger partial charge on any atom is -0.444 e. The summed E-state index contributed by atoms with van der Waals surface area (Å²) in [5.74, 6) is -12.3. The Bertz CT molecular complexity index is 3240. The van der Waals surface area contributed by atoms with Crippen molar-refractivity contribution in [2.24, 2.45) is 0 Å². The molecule has 5 heterocycles. The van der Waals surface area contributed by atoms with Crippen molar-refractivity contribution in [2.45, 2.75) is 102 Å². The summed E-state index contributed by atoms with van der Waals surface area (Å²) in [7, 11) is 0. The Balaban J connectivity index is 1.09. The number of fused-ring (bicyclic) bond motifs is 2. The van der Waals surface area contributed by atoms with Gasteiger partial charge in [0.05, 0.1) is 39.3 Å². The zero-order chi connectivity index (χ0) is 51.6. The number of carbonyl (C=O) groups is 3. The molecule has 0 spiro atoms. The van der Waals surface area contributed by atoms with Crippen LogP contribution in [-0.2, 0) is 34.3 Å². The van der Waals surface area contributed by atoms with Crippen LogP contribution in [0.1, 0.15) is 116 Å². The molecule has 7 aromatic rings. The van der Waals surface area contributed by atoms with Crippen molar-refractivity contribution in [3.05, 3.63) is 130 Å². The van der Waals surface area contributed by atoms with Crippen LogP contribution in [0.2, 0.25) is 0 Å². The first-order valence-corrected chi connectivity index (χ1v) is 23.4. The number of nitrogens with zero attached hydrogens (tertiary/aromatic N) is 6. The molecule has 1 saturated heterocycles. The average molecular weight is 1020 g/mol. The number of halogens is 9. The van der Waals surface area contributed by atoms with Gasteiger partial charge in [0.25, 0.3) is 18.3 Å². The molecule has 0 radical (unpaired) electrons. The van der Waals surface area contributed by atoms with Gasteiger partial charge in [-0.3, -0.25) is 19.2 Å². The second-order valence-electron chi connectivity index (χ2n) is 18.7. The Morgan fingerprint density at radius 2 is 1.56 bits per heavy atom. The number of carbonyl (C=O) groups excluding carboxylic acids is 3. The van der Waals surface area contributed by atoms with E-state index in [9.17, 15) is 31.9 Å². The lowest BCUT2D eigenvalue weighted by molar-refractivity contribution is -0.123. The van der Waals surface area contributed by atoms with Gasteiger partial charge in [-0.2, -0.15) is 13.9 Å². The fourth-order valence-corrected chi connectivity index (χ4v) is 10.0. The number of nitrogens with one attached hydrogen (secondary N) is 2. The topological polar surface area (TPSA) is 148 Å². The highest BCUT2D eigenvalue weighted by Crippen LogP contribution is 2.52. The van der Waals surface area contributed by atoms with E-state index in [4.69, 9.17) is 19.7 Å². The monoisotopic (exact) mass is 1020 g/mol. The molecule has 72 heavy (non-hydrogen) atoms. The summed E-state index contributed by atoms with van der Waals surface area (Å²) in [6.45, 7) is 5.77. The fraction of sp³-hybridized carbons (Fsp3) is 0.340. The smallest absolute Gasteiger partial charge is 0.410 e. The minimum absolute atomic E-state index is 0.0523. The lowest BCUT2D eigenvalue weighted by atomic mass is 9.89. The molecule has 376 valence electrons. The molecule has 1 aliphatic carbocycles. The summed E-state index contributed by atoms with van der Waals surface area (Å²) in [6.07, 6.45) is -4.27. The first-order valence-electron chi connectivity index (χ1n) is 22.6. The van der Waals surface area contributed by atoms with Crippen molar-refractivity contribution in [1.29, 1.82) is 0 Å². The van der Waals surface area contributed by atoms with E-state index < -0.39 is 108 Å². The van der Waals surface area contributed by atoms with Crippen molar-refractivity contribution in [2.75, 3.05) is 6.54 Å². The largest absolute Gasteiger partial charge is 0.444 e. The highest BCUT2D eigenvalue weighted by molar-refractivity contribution is 7.21. The number of ether oxygens (including phenoxy) is 1. The molecule has 2 N–H and O–H groups in total. The molecule has 12 nitrogen and oxygen atoms in total. The van der Waals surface area contributed by atoms with Gasteiger partial charge >= 0.3 is 6.09 Å². The Hall–Kier alpha value is -7.10. The van der Waals surface area contributed by atoms with E-state index in [1.165, 1.54) is 23.5 Å². The summed E-state index contributed by atoms with van der Waals surface area (Å²) in [6, 6.07) is 13.1. The maximum absolute atomic E-state index is 15.3. The van der Waals surface area contributed by atoms with Crippen molar-refractivity contribution in [3.8, 4) is 33.0 Å². The van der Waals surface area contributed by atoms with E-state index in [-0.39, 0.29) is 44.3 Å². The molecule has 9 rings (SSSR count). The predicted molar refractivity (Wildman–Crippen MR) is 246 cm³/mol. The number of amides is 2. The number of ketones is 1. The molecule has 1 aliphatic heterocycles. The van der Waals surface area contributed by atoms with Crippen LogP contribution >= 0.6 is 11.3 Å². The molecule has 0 saturated carbocycles. The molecular weight excluding hydrogens is 980 g/mol. The van der Waals surface area contributed by atoms with Gasteiger partial charge in [-0.25, -0.2) is 50.5 Å². The first-order chi connectivity index (χ1) is 33.9. The summed E-state index contributed by atoms with van der Waals surface area (Å²) in [5, 5.41) is 6.37. The van der Waals surface area contributed by atoms with Crippen LogP contribution in [0.15, 0.2) is 72.9 Å². The third-order valence-electron chi connectivity index (χ3n) is 12.3. The lowest BCUT2D eigenvalue weighted by Gasteiger charge is -2.29. The van der Waals surface area contributed by atoms with Crippen molar-refractivity contribution in [1.82, 2.24) is 39.9 Å².